The summed E-state index contributed by atoms with van der Waals surface area (Å²) in [5, 5.41) is 6.09. The predicted octanol–water partition coefficient (Wildman–Crippen LogP) is 7.54. The van der Waals surface area contributed by atoms with Crippen LogP contribution in [0.15, 0.2) is 101 Å². The fourth-order valence-corrected chi connectivity index (χ4v) is 6.52. The van der Waals surface area contributed by atoms with Gasteiger partial charge in [0, 0.05) is 52.2 Å². The van der Waals surface area contributed by atoms with Crippen LogP contribution in [0.3, 0.4) is 0 Å². The number of aromatic nitrogens is 3. The molecule has 0 fully saturated rings. The van der Waals surface area contributed by atoms with Gasteiger partial charge in [0.05, 0.1) is 17.7 Å². The van der Waals surface area contributed by atoms with Crippen molar-refractivity contribution in [2.45, 2.75) is 36.0 Å². The first-order chi connectivity index (χ1) is 19.4. The van der Waals surface area contributed by atoms with Gasteiger partial charge in [-0.05, 0) is 53.5 Å². The SMILES string of the molecule is CN1CN(c2cc(Sc3ccc4c5ccccc5n(C5=CC=CCN5)c4c3)cc(C(C)(C)C)c2)c2nccnc21. The Bertz CT molecular complexity index is 1830. The van der Waals surface area contributed by atoms with Crippen LogP contribution in [-0.2, 0) is 5.41 Å². The molecule has 4 heterocycles. The number of para-hydroxylation sites is 1. The molecule has 0 spiro atoms. The maximum atomic E-state index is 4.68. The van der Waals surface area contributed by atoms with E-state index in [1.54, 1.807) is 12.4 Å². The van der Waals surface area contributed by atoms with Crippen molar-refractivity contribution in [3.63, 3.8) is 0 Å². The second kappa shape index (κ2) is 9.45. The van der Waals surface area contributed by atoms with Gasteiger partial charge in [0.2, 0.25) is 0 Å². The Morgan fingerprint density at radius 3 is 2.45 bits per heavy atom. The van der Waals surface area contributed by atoms with Gasteiger partial charge in [-0.2, -0.15) is 0 Å². The molecule has 3 aromatic carbocycles. The van der Waals surface area contributed by atoms with Crippen LogP contribution >= 0.6 is 11.8 Å². The monoisotopic (exact) mass is 544 g/mol. The lowest BCUT2D eigenvalue weighted by molar-refractivity contribution is 0.588. The van der Waals surface area contributed by atoms with Crippen LogP contribution in [0.25, 0.3) is 27.6 Å². The van der Waals surface area contributed by atoms with Gasteiger partial charge in [-0.3, -0.25) is 4.57 Å². The first kappa shape index (κ1) is 24.8. The molecule has 2 aliphatic heterocycles. The Hall–Kier alpha value is -4.23. The summed E-state index contributed by atoms with van der Waals surface area (Å²) in [4.78, 5) is 16.1. The number of anilines is 3. The Morgan fingerprint density at radius 2 is 1.65 bits per heavy atom. The quantitative estimate of drug-likeness (QED) is 0.252. The standard InChI is InChI=1S/C33H32N6S/c1-33(2,3)22-17-23(38-21-37(4)31-32(38)36-16-15-35-31)19-25(18-22)40-24-12-13-27-26-9-5-6-10-28(26)39(29(27)20-24)30-11-7-8-14-34-30/h5-13,15-20,34H,14,21H2,1-4H3. The molecule has 6 nitrogen and oxygen atoms in total. The zero-order valence-corrected chi connectivity index (χ0v) is 24.0. The highest BCUT2D eigenvalue weighted by molar-refractivity contribution is 7.99. The van der Waals surface area contributed by atoms with E-state index < -0.39 is 0 Å². The maximum Gasteiger partial charge on any atom is 0.178 e. The lowest BCUT2D eigenvalue weighted by Gasteiger charge is -2.25. The highest BCUT2D eigenvalue weighted by atomic mass is 32.2. The molecule has 0 unspecified atom stereocenters. The summed E-state index contributed by atoms with van der Waals surface area (Å²) in [5.41, 5.74) is 4.86. The Balaban J connectivity index is 1.33. The topological polar surface area (TPSA) is 49.2 Å². The molecule has 0 bridgehead atoms. The van der Waals surface area contributed by atoms with Crippen molar-refractivity contribution in [3.8, 4) is 0 Å². The molecule has 2 aliphatic rings. The minimum absolute atomic E-state index is 0.00512. The predicted molar refractivity (Wildman–Crippen MR) is 168 cm³/mol. The van der Waals surface area contributed by atoms with E-state index in [9.17, 15) is 0 Å². The molecule has 0 aliphatic carbocycles. The zero-order chi connectivity index (χ0) is 27.4. The molecule has 7 heteroatoms. The number of hydrogen-bond donors (Lipinski definition) is 1. The summed E-state index contributed by atoms with van der Waals surface area (Å²) in [6, 6.07) is 22.4. The van der Waals surface area contributed by atoms with E-state index >= 15 is 0 Å². The highest BCUT2D eigenvalue weighted by Crippen LogP contribution is 2.42. The van der Waals surface area contributed by atoms with Gasteiger partial charge >= 0.3 is 0 Å². The van der Waals surface area contributed by atoms with Crippen LogP contribution in [0.5, 0.6) is 0 Å². The van der Waals surface area contributed by atoms with Crippen LogP contribution in [0.2, 0.25) is 0 Å². The summed E-state index contributed by atoms with van der Waals surface area (Å²) in [7, 11) is 2.07. The number of allylic oxidation sites excluding steroid dienone is 2. The third-order valence-electron chi connectivity index (χ3n) is 7.61. The lowest BCUT2D eigenvalue weighted by Crippen LogP contribution is -2.25. The minimum Gasteiger partial charge on any atom is -0.368 e. The number of benzene rings is 3. The van der Waals surface area contributed by atoms with Crippen LogP contribution in [0.4, 0.5) is 17.3 Å². The van der Waals surface area contributed by atoms with Crippen molar-refractivity contribution >= 4 is 56.7 Å². The molecule has 40 heavy (non-hydrogen) atoms. The molecular weight excluding hydrogens is 512 g/mol. The highest BCUT2D eigenvalue weighted by Gasteiger charge is 2.28. The Morgan fingerprint density at radius 1 is 0.850 bits per heavy atom. The summed E-state index contributed by atoms with van der Waals surface area (Å²) >= 11 is 1.81. The van der Waals surface area contributed by atoms with Crippen molar-refractivity contribution in [3.05, 3.63) is 96.8 Å². The van der Waals surface area contributed by atoms with Gasteiger partial charge in [-0.1, -0.05) is 69.0 Å². The minimum atomic E-state index is 0.00512. The molecule has 2 aromatic heterocycles. The van der Waals surface area contributed by atoms with Crippen molar-refractivity contribution in [2.75, 3.05) is 30.1 Å². The van der Waals surface area contributed by atoms with Crippen LogP contribution in [0.1, 0.15) is 26.3 Å². The first-order valence-corrected chi connectivity index (χ1v) is 14.5. The van der Waals surface area contributed by atoms with Crippen LogP contribution < -0.4 is 15.1 Å². The van der Waals surface area contributed by atoms with E-state index in [0.717, 1.165) is 36.4 Å². The van der Waals surface area contributed by atoms with E-state index in [4.69, 9.17) is 0 Å². The number of fused-ring (bicyclic) bond motifs is 4. The normalized spacial score (nSPS) is 15.1. The van der Waals surface area contributed by atoms with Gasteiger partial charge < -0.3 is 15.1 Å². The van der Waals surface area contributed by atoms with E-state index in [0.29, 0.717) is 0 Å². The molecule has 5 aromatic rings. The summed E-state index contributed by atoms with van der Waals surface area (Å²) in [5.74, 6) is 2.92. The number of nitrogens with zero attached hydrogens (tertiary/aromatic N) is 5. The number of rotatable bonds is 4. The maximum absolute atomic E-state index is 4.68. The zero-order valence-electron chi connectivity index (χ0n) is 23.2. The fourth-order valence-electron chi connectivity index (χ4n) is 5.58. The number of hydrogen-bond acceptors (Lipinski definition) is 6. The molecule has 0 amide bonds. The van der Waals surface area contributed by atoms with Gasteiger partial charge in [0.25, 0.3) is 0 Å². The fraction of sp³-hybridized carbons (Fsp3) is 0.212. The molecule has 0 saturated carbocycles. The van der Waals surface area contributed by atoms with Crippen molar-refractivity contribution in [1.29, 1.82) is 0 Å². The number of dihydropyridines is 1. The van der Waals surface area contributed by atoms with E-state index in [1.165, 1.54) is 37.2 Å². The Labute approximate surface area is 239 Å². The average molecular weight is 545 g/mol. The molecule has 200 valence electrons. The third-order valence-corrected chi connectivity index (χ3v) is 8.57. The van der Waals surface area contributed by atoms with Gasteiger partial charge in [-0.15, -0.1) is 0 Å². The lowest BCUT2D eigenvalue weighted by atomic mass is 9.87. The van der Waals surface area contributed by atoms with Gasteiger partial charge in [-0.25, -0.2) is 9.97 Å². The van der Waals surface area contributed by atoms with Crippen molar-refractivity contribution < 1.29 is 0 Å². The van der Waals surface area contributed by atoms with E-state index in [-0.39, 0.29) is 5.41 Å². The molecular formula is C33H32N6S. The van der Waals surface area contributed by atoms with Gasteiger partial charge in [0.15, 0.2) is 11.6 Å². The smallest absolute Gasteiger partial charge is 0.178 e. The van der Waals surface area contributed by atoms with E-state index in [1.807, 2.05) is 11.8 Å². The summed E-state index contributed by atoms with van der Waals surface area (Å²) in [6.07, 6.45) is 9.96. The van der Waals surface area contributed by atoms with Crippen LogP contribution in [0, 0.1) is 0 Å². The first-order valence-electron chi connectivity index (χ1n) is 13.6. The van der Waals surface area contributed by atoms with E-state index in [2.05, 4.69) is 136 Å². The second-order valence-corrected chi connectivity index (χ2v) is 12.6. The molecule has 7 rings (SSSR count). The molecule has 0 radical (unpaired) electrons. The summed E-state index contributed by atoms with van der Waals surface area (Å²) in [6.45, 7) is 8.37. The molecule has 1 N–H and O–H groups in total. The van der Waals surface area contributed by atoms with Crippen molar-refractivity contribution in [1.82, 2.24) is 19.9 Å². The van der Waals surface area contributed by atoms with Gasteiger partial charge in [0.1, 0.15) is 5.82 Å². The number of nitrogens with one attached hydrogen (secondary N) is 1. The molecule has 0 saturated heterocycles. The largest absolute Gasteiger partial charge is 0.368 e. The van der Waals surface area contributed by atoms with Crippen LogP contribution in [-0.4, -0.2) is 34.8 Å². The second-order valence-electron chi connectivity index (χ2n) is 11.4. The third kappa shape index (κ3) is 4.21. The Kier molecular flexibility index (Phi) is 5.86. The molecule has 0 atom stereocenters. The average Bonchev–Trinajstić information content (AvgIpc) is 3.47. The summed E-state index contributed by atoms with van der Waals surface area (Å²) < 4.78 is 2.35. The van der Waals surface area contributed by atoms with Crippen molar-refractivity contribution in [2.24, 2.45) is 0 Å².